The summed E-state index contributed by atoms with van der Waals surface area (Å²) in [5, 5.41) is 9.48. The number of hydrogen-bond acceptors (Lipinski definition) is 4. The van der Waals surface area contributed by atoms with Gasteiger partial charge in [-0.3, -0.25) is 4.79 Å². The van der Waals surface area contributed by atoms with Crippen molar-refractivity contribution in [2.75, 3.05) is 39.5 Å². The van der Waals surface area contributed by atoms with E-state index in [1.807, 2.05) is 25.9 Å². The van der Waals surface area contributed by atoms with Crippen molar-refractivity contribution in [1.29, 1.82) is 0 Å². The molecular formula is C20H43N3OS. The predicted molar refractivity (Wildman–Crippen MR) is 114 cm³/mol. The summed E-state index contributed by atoms with van der Waals surface area (Å²) in [6.45, 7) is 7.48. The standard InChI is InChI=1S/C20H43N3OS/c1-20(2,25-17-13-9-8-12-16-22-4)18-23-19(24)14-10-6-5-7-11-15-21-3/h21-22H,5-18H2,1-4H3,(H,23,24). The van der Waals surface area contributed by atoms with Gasteiger partial charge in [-0.2, -0.15) is 11.8 Å². The second-order valence-electron chi connectivity index (χ2n) is 7.52. The van der Waals surface area contributed by atoms with Gasteiger partial charge in [0, 0.05) is 17.7 Å². The van der Waals surface area contributed by atoms with Crippen LogP contribution in [0, 0.1) is 0 Å². The van der Waals surface area contributed by atoms with Crippen molar-refractivity contribution in [3.8, 4) is 0 Å². The van der Waals surface area contributed by atoms with Crippen LogP contribution in [0.25, 0.3) is 0 Å². The Kier molecular flexibility index (Phi) is 17.0. The number of carbonyl (C=O) groups is 1. The fourth-order valence-electron chi connectivity index (χ4n) is 2.67. The molecule has 0 heterocycles. The fraction of sp³-hybridized carbons (Fsp3) is 0.950. The molecule has 3 N–H and O–H groups in total. The fourth-order valence-corrected chi connectivity index (χ4v) is 3.75. The summed E-state index contributed by atoms with van der Waals surface area (Å²) in [5.74, 6) is 1.41. The molecule has 1 amide bonds. The Hall–Kier alpha value is -0.260. The summed E-state index contributed by atoms with van der Waals surface area (Å²) in [7, 11) is 4.01. The third kappa shape index (κ3) is 18.3. The summed E-state index contributed by atoms with van der Waals surface area (Å²) >= 11 is 1.99. The first kappa shape index (κ1) is 24.7. The zero-order valence-electron chi connectivity index (χ0n) is 17.2. The molecule has 0 spiro atoms. The van der Waals surface area contributed by atoms with E-state index in [-0.39, 0.29) is 10.7 Å². The van der Waals surface area contributed by atoms with Gasteiger partial charge in [0.05, 0.1) is 0 Å². The van der Waals surface area contributed by atoms with E-state index in [2.05, 4.69) is 29.8 Å². The minimum absolute atomic E-state index is 0.133. The third-order valence-corrected chi connectivity index (χ3v) is 5.77. The van der Waals surface area contributed by atoms with Crippen molar-refractivity contribution in [1.82, 2.24) is 16.0 Å². The van der Waals surface area contributed by atoms with Crippen LogP contribution in [0.3, 0.4) is 0 Å². The molecule has 25 heavy (non-hydrogen) atoms. The average Bonchev–Trinajstić information content (AvgIpc) is 2.58. The molecule has 150 valence electrons. The number of nitrogens with one attached hydrogen (secondary N) is 3. The predicted octanol–water partition coefficient (Wildman–Crippen LogP) is 3.95. The maximum absolute atomic E-state index is 12.0. The van der Waals surface area contributed by atoms with E-state index in [4.69, 9.17) is 0 Å². The van der Waals surface area contributed by atoms with Gasteiger partial charge in [-0.25, -0.2) is 0 Å². The van der Waals surface area contributed by atoms with Gasteiger partial charge >= 0.3 is 0 Å². The third-order valence-electron chi connectivity index (χ3n) is 4.36. The van der Waals surface area contributed by atoms with Crippen LogP contribution < -0.4 is 16.0 Å². The highest BCUT2D eigenvalue weighted by Crippen LogP contribution is 2.25. The van der Waals surface area contributed by atoms with E-state index in [1.165, 1.54) is 57.1 Å². The maximum Gasteiger partial charge on any atom is 0.220 e. The molecule has 5 heteroatoms. The topological polar surface area (TPSA) is 53.2 Å². The molecule has 0 aromatic rings. The van der Waals surface area contributed by atoms with E-state index in [0.717, 1.165) is 26.1 Å². The molecule has 0 unspecified atom stereocenters. The monoisotopic (exact) mass is 373 g/mol. The van der Waals surface area contributed by atoms with Crippen molar-refractivity contribution in [3.63, 3.8) is 0 Å². The molecule has 0 aromatic carbocycles. The highest BCUT2D eigenvalue weighted by molar-refractivity contribution is 8.00. The highest BCUT2D eigenvalue weighted by atomic mass is 32.2. The lowest BCUT2D eigenvalue weighted by Gasteiger charge is -2.24. The highest BCUT2D eigenvalue weighted by Gasteiger charge is 2.18. The van der Waals surface area contributed by atoms with E-state index < -0.39 is 0 Å². The molecule has 0 bridgehead atoms. The zero-order chi connectivity index (χ0) is 18.8. The Balaban J connectivity index is 3.53. The lowest BCUT2D eigenvalue weighted by atomic mass is 10.1. The Labute approximate surface area is 161 Å². The van der Waals surface area contributed by atoms with Crippen LogP contribution in [0.1, 0.15) is 78.1 Å². The first-order valence-electron chi connectivity index (χ1n) is 10.2. The van der Waals surface area contributed by atoms with Gasteiger partial charge < -0.3 is 16.0 Å². The molecule has 0 atom stereocenters. The summed E-state index contributed by atoms with van der Waals surface area (Å²) < 4.78 is 0.133. The van der Waals surface area contributed by atoms with Crippen LogP contribution in [0.15, 0.2) is 0 Å². The van der Waals surface area contributed by atoms with Gasteiger partial charge in [-0.15, -0.1) is 0 Å². The number of unbranched alkanes of at least 4 members (excludes halogenated alkanes) is 7. The molecule has 0 saturated heterocycles. The van der Waals surface area contributed by atoms with Crippen LogP contribution in [0.2, 0.25) is 0 Å². The number of amides is 1. The summed E-state index contributed by atoms with van der Waals surface area (Å²) in [5.41, 5.74) is 0. The number of carbonyl (C=O) groups excluding carboxylic acids is 1. The normalized spacial score (nSPS) is 11.7. The van der Waals surface area contributed by atoms with E-state index in [9.17, 15) is 4.79 Å². The minimum Gasteiger partial charge on any atom is -0.355 e. The first-order valence-corrected chi connectivity index (χ1v) is 11.2. The Bertz CT molecular complexity index is 311. The molecule has 0 aliphatic heterocycles. The van der Waals surface area contributed by atoms with E-state index in [0.29, 0.717) is 6.42 Å². The average molecular weight is 374 g/mol. The Morgan fingerprint density at radius 1 is 0.800 bits per heavy atom. The number of hydrogen-bond donors (Lipinski definition) is 3. The molecule has 0 radical (unpaired) electrons. The Morgan fingerprint density at radius 2 is 1.32 bits per heavy atom. The molecule has 4 nitrogen and oxygen atoms in total. The molecule has 0 aliphatic carbocycles. The largest absolute Gasteiger partial charge is 0.355 e. The number of rotatable bonds is 18. The smallest absolute Gasteiger partial charge is 0.220 e. The maximum atomic E-state index is 12.0. The van der Waals surface area contributed by atoms with Gasteiger partial charge in [0.25, 0.3) is 0 Å². The van der Waals surface area contributed by atoms with Crippen LogP contribution in [0.5, 0.6) is 0 Å². The minimum atomic E-state index is 0.133. The zero-order valence-corrected chi connectivity index (χ0v) is 18.0. The van der Waals surface area contributed by atoms with Gasteiger partial charge in [0.15, 0.2) is 0 Å². The van der Waals surface area contributed by atoms with Gasteiger partial charge in [-0.1, -0.05) is 32.1 Å². The quantitative estimate of drug-likeness (QED) is 0.318. The summed E-state index contributed by atoms with van der Waals surface area (Å²) in [6.07, 6.45) is 11.8. The second kappa shape index (κ2) is 17.2. The van der Waals surface area contributed by atoms with E-state index >= 15 is 0 Å². The number of thioether (sulfide) groups is 1. The molecule has 0 fully saturated rings. The summed E-state index contributed by atoms with van der Waals surface area (Å²) in [6, 6.07) is 0. The van der Waals surface area contributed by atoms with Crippen LogP contribution >= 0.6 is 11.8 Å². The van der Waals surface area contributed by atoms with Gasteiger partial charge in [-0.05, 0) is 72.5 Å². The lowest BCUT2D eigenvalue weighted by molar-refractivity contribution is -0.121. The Morgan fingerprint density at radius 3 is 1.92 bits per heavy atom. The lowest BCUT2D eigenvalue weighted by Crippen LogP contribution is -2.36. The van der Waals surface area contributed by atoms with Crippen molar-refractivity contribution in [3.05, 3.63) is 0 Å². The van der Waals surface area contributed by atoms with Crippen LogP contribution in [-0.2, 0) is 4.79 Å². The molecular weight excluding hydrogens is 330 g/mol. The molecule has 0 aromatic heterocycles. The van der Waals surface area contributed by atoms with Crippen LogP contribution in [-0.4, -0.2) is 50.1 Å². The second-order valence-corrected chi connectivity index (χ2v) is 9.33. The van der Waals surface area contributed by atoms with Crippen molar-refractivity contribution < 1.29 is 4.79 Å². The van der Waals surface area contributed by atoms with Crippen LogP contribution in [0.4, 0.5) is 0 Å². The summed E-state index contributed by atoms with van der Waals surface area (Å²) in [4.78, 5) is 12.0. The van der Waals surface area contributed by atoms with E-state index in [1.54, 1.807) is 0 Å². The van der Waals surface area contributed by atoms with Crippen molar-refractivity contribution in [2.45, 2.75) is 82.8 Å². The van der Waals surface area contributed by atoms with Gasteiger partial charge in [0.1, 0.15) is 0 Å². The first-order chi connectivity index (χ1) is 12.0. The van der Waals surface area contributed by atoms with Gasteiger partial charge in [0.2, 0.25) is 5.91 Å². The molecule has 0 aliphatic rings. The van der Waals surface area contributed by atoms with Crippen molar-refractivity contribution in [2.24, 2.45) is 0 Å². The molecule has 0 rings (SSSR count). The molecule has 0 saturated carbocycles. The van der Waals surface area contributed by atoms with Crippen molar-refractivity contribution >= 4 is 17.7 Å². The SMILES string of the molecule is CNCCCCCCCC(=O)NCC(C)(C)SCCCCCCNC.